The van der Waals surface area contributed by atoms with Gasteiger partial charge in [0, 0.05) is 0 Å². The van der Waals surface area contributed by atoms with Crippen LogP contribution in [0.4, 0.5) is 0 Å². The van der Waals surface area contributed by atoms with Crippen LogP contribution in [-0.4, -0.2) is 17.9 Å². The normalized spacial score (nSPS) is 13.3. The average molecular weight is 505 g/mol. The quantitative estimate of drug-likeness (QED) is 0.137. The summed E-state index contributed by atoms with van der Waals surface area (Å²) in [4.78, 5) is -1.74. The number of unbranched alkanes of at least 4 members (excludes halogenated alkanes) is 12. The van der Waals surface area contributed by atoms with E-state index in [1.165, 1.54) is 71.1 Å². The van der Waals surface area contributed by atoms with E-state index in [1.54, 1.807) is 6.92 Å². The van der Waals surface area contributed by atoms with E-state index in [0.717, 1.165) is 49.7 Å². The van der Waals surface area contributed by atoms with Crippen molar-refractivity contribution in [2.75, 3.05) is 0 Å². The molecule has 6 heteroatoms. The minimum atomic E-state index is -4.59. The molecule has 0 N–H and O–H groups in total. The summed E-state index contributed by atoms with van der Waals surface area (Å²) >= 11 is 0. The summed E-state index contributed by atoms with van der Waals surface area (Å²) < 4.78 is 42.1. The SMILES string of the molecule is CCCCCCCCCc1cccc(CCCCCCCCC)c1OC(C)(CC)S(=O)(=O)[O-].[Na+]. The van der Waals surface area contributed by atoms with Gasteiger partial charge in [-0.25, -0.2) is 8.42 Å². The molecule has 0 aliphatic rings. The van der Waals surface area contributed by atoms with Crippen LogP contribution < -0.4 is 34.3 Å². The van der Waals surface area contributed by atoms with Crippen molar-refractivity contribution in [3.8, 4) is 5.75 Å². The van der Waals surface area contributed by atoms with Crippen LogP contribution in [0.5, 0.6) is 5.75 Å². The predicted octanol–water partition coefficient (Wildman–Crippen LogP) is 5.33. The minimum Gasteiger partial charge on any atom is -0.745 e. The summed E-state index contributed by atoms with van der Waals surface area (Å²) in [6, 6.07) is 6.12. The van der Waals surface area contributed by atoms with Gasteiger partial charge in [0.25, 0.3) is 0 Å². The topological polar surface area (TPSA) is 66.4 Å². The summed E-state index contributed by atoms with van der Waals surface area (Å²) in [5.74, 6) is 0.637. The standard InChI is InChI=1S/C28H50O4S.Na/c1-5-8-10-12-14-16-18-21-25-23-20-24-26(22-19-17-15-13-11-9-6-2)27(25)32-28(4,7-3)33(29,30)31;/h20,23-24H,5-19,21-22H2,1-4H3,(H,29,30,31);/q;+1/p-1. The van der Waals surface area contributed by atoms with Crippen LogP contribution in [0.25, 0.3) is 0 Å². The van der Waals surface area contributed by atoms with E-state index in [0.29, 0.717) is 5.75 Å². The molecule has 1 aromatic rings. The number of benzene rings is 1. The Morgan fingerprint density at radius 1 is 0.735 bits per heavy atom. The van der Waals surface area contributed by atoms with Crippen LogP contribution in [-0.2, 0) is 23.0 Å². The smallest absolute Gasteiger partial charge is 0.745 e. The van der Waals surface area contributed by atoms with Crippen molar-refractivity contribution in [3.63, 3.8) is 0 Å². The Hall–Kier alpha value is -0.0700. The van der Waals surface area contributed by atoms with Gasteiger partial charge in [0.15, 0.2) is 4.93 Å². The third-order valence-corrected chi connectivity index (χ3v) is 8.20. The fourth-order valence-corrected chi connectivity index (χ4v) is 4.76. The van der Waals surface area contributed by atoms with Gasteiger partial charge in [0.05, 0.1) is 0 Å². The van der Waals surface area contributed by atoms with Gasteiger partial charge in [-0.3, -0.25) is 0 Å². The molecule has 0 saturated heterocycles. The Morgan fingerprint density at radius 3 is 1.47 bits per heavy atom. The minimum absolute atomic E-state index is 0. The summed E-state index contributed by atoms with van der Waals surface area (Å²) in [5.41, 5.74) is 2.07. The molecule has 0 saturated carbocycles. The first-order valence-corrected chi connectivity index (χ1v) is 14.9. The second-order valence-corrected chi connectivity index (χ2v) is 11.5. The number of hydrogen-bond donors (Lipinski definition) is 0. The van der Waals surface area contributed by atoms with Crippen LogP contribution in [0.15, 0.2) is 18.2 Å². The maximum Gasteiger partial charge on any atom is 1.00 e. The zero-order chi connectivity index (χ0) is 24.6. The van der Waals surface area contributed by atoms with Gasteiger partial charge in [-0.1, -0.05) is 116 Å². The Morgan fingerprint density at radius 2 is 1.12 bits per heavy atom. The summed E-state index contributed by atoms with van der Waals surface area (Å²) in [7, 11) is -4.59. The second kappa shape index (κ2) is 19.1. The van der Waals surface area contributed by atoms with Crippen LogP contribution in [0, 0.1) is 0 Å². The molecule has 1 aromatic carbocycles. The van der Waals surface area contributed by atoms with Crippen molar-refractivity contribution in [2.45, 2.75) is 142 Å². The van der Waals surface area contributed by atoms with Crippen LogP contribution >= 0.6 is 0 Å². The Kier molecular flexibility index (Phi) is 19.1. The molecule has 0 heterocycles. The molecule has 0 radical (unpaired) electrons. The van der Waals surface area contributed by atoms with Crippen LogP contribution in [0.2, 0.25) is 0 Å². The molecule has 4 nitrogen and oxygen atoms in total. The van der Waals surface area contributed by atoms with Gasteiger partial charge >= 0.3 is 29.6 Å². The number of ether oxygens (including phenoxy) is 1. The molecule has 0 aromatic heterocycles. The van der Waals surface area contributed by atoms with Crippen LogP contribution in [0.1, 0.15) is 135 Å². The third-order valence-electron chi connectivity index (χ3n) is 6.77. The number of hydrogen-bond acceptors (Lipinski definition) is 4. The van der Waals surface area contributed by atoms with Crippen molar-refractivity contribution in [1.29, 1.82) is 0 Å². The first-order valence-electron chi connectivity index (χ1n) is 13.5. The molecule has 1 atom stereocenters. The number of rotatable bonds is 20. The second-order valence-electron chi connectivity index (χ2n) is 9.69. The molecule has 1 rings (SSSR count). The number of para-hydroxylation sites is 1. The van der Waals surface area contributed by atoms with Gasteiger partial charge in [0.2, 0.25) is 0 Å². The zero-order valence-electron chi connectivity index (χ0n) is 22.8. The van der Waals surface area contributed by atoms with E-state index in [4.69, 9.17) is 4.74 Å². The van der Waals surface area contributed by atoms with Gasteiger partial charge in [0.1, 0.15) is 15.9 Å². The van der Waals surface area contributed by atoms with Gasteiger partial charge < -0.3 is 9.29 Å². The number of aryl methyl sites for hydroxylation is 2. The van der Waals surface area contributed by atoms with E-state index in [-0.39, 0.29) is 36.0 Å². The zero-order valence-corrected chi connectivity index (χ0v) is 25.6. The first kappa shape index (κ1) is 33.9. The molecule has 0 bridgehead atoms. The maximum atomic E-state index is 12.0. The third kappa shape index (κ3) is 12.8. The maximum absolute atomic E-state index is 12.0. The van der Waals surface area contributed by atoms with E-state index in [1.807, 2.05) is 12.1 Å². The van der Waals surface area contributed by atoms with Crippen molar-refractivity contribution in [3.05, 3.63) is 29.3 Å². The van der Waals surface area contributed by atoms with Crippen molar-refractivity contribution in [2.24, 2.45) is 0 Å². The van der Waals surface area contributed by atoms with E-state index < -0.39 is 15.1 Å². The molecule has 0 spiro atoms. The Balaban J connectivity index is 0.0000109. The van der Waals surface area contributed by atoms with Crippen molar-refractivity contribution in [1.82, 2.24) is 0 Å². The molecule has 34 heavy (non-hydrogen) atoms. The fourth-order valence-electron chi connectivity index (χ4n) is 4.22. The Bertz CT molecular complexity index is 715. The molecule has 0 aliphatic carbocycles. The van der Waals surface area contributed by atoms with Gasteiger partial charge in [-0.05, 0) is 50.2 Å². The monoisotopic (exact) mass is 504 g/mol. The summed E-state index contributed by atoms with van der Waals surface area (Å²) in [5, 5.41) is 0. The van der Waals surface area contributed by atoms with E-state index in [2.05, 4.69) is 19.9 Å². The largest absolute Gasteiger partial charge is 1.00 e. The van der Waals surface area contributed by atoms with Gasteiger partial charge in [-0.15, -0.1) is 0 Å². The van der Waals surface area contributed by atoms with Crippen LogP contribution in [0.3, 0.4) is 0 Å². The summed E-state index contributed by atoms with van der Waals surface area (Å²) in [6.45, 7) is 7.57. The molecule has 0 aliphatic heterocycles. The molecule has 0 amide bonds. The molecule has 192 valence electrons. The van der Waals surface area contributed by atoms with Crippen molar-refractivity contribution < 1.29 is 47.3 Å². The average Bonchev–Trinajstić information content (AvgIpc) is 2.78. The predicted molar refractivity (Wildman–Crippen MR) is 139 cm³/mol. The van der Waals surface area contributed by atoms with E-state index >= 15 is 0 Å². The summed E-state index contributed by atoms with van der Waals surface area (Å²) in [6.07, 6.45) is 19.0. The fraction of sp³-hybridized carbons (Fsp3) is 0.786. The molecular weight excluding hydrogens is 455 g/mol. The Labute approximate surface area is 233 Å². The van der Waals surface area contributed by atoms with Gasteiger partial charge in [-0.2, -0.15) is 0 Å². The first-order chi connectivity index (χ1) is 15.8. The molecule has 1 unspecified atom stereocenters. The molecule has 0 fully saturated rings. The molecular formula is C28H49NaO4S. The van der Waals surface area contributed by atoms with Crippen molar-refractivity contribution >= 4 is 10.1 Å². The van der Waals surface area contributed by atoms with E-state index in [9.17, 15) is 13.0 Å².